The predicted molar refractivity (Wildman–Crippen MR) is 66.8 cm³/mol. The van der Waals surface area contributed by atoms with Crippen LogP contribution in [0, 0.1) is 0 Å². The zero-order valence-corrected chi connectivity index (χ0v) is 10.3. The molecule has 0 amide bonds. The Morgan fingerprint density at radius 3 is 2.79 bits per heavy atom. The first-order chi connectivity index (χ1) is 6.83. The fourth-order valence-corrected chi connectivity index (χ4v) is 1.78. The summed E-state index contributed by atoms with van der Waals surface area (Å²) in [4.78, 5) is 0. The molecular weight excluding hydrogens is 238 g/mol. The third-order valence-electron chi connectivity index (χ3n) is 2.18. The fourth-order valence-electron chi connectivity index (χ4n) is 1.38. The van der Waals surface area contributed by atoms with Crippen molar-refractivity contribution in [2.75, 3.05) is 11.9 Å². The van der Waals surface area contributed by atoms with Crippen molar-refractivity contribution in [1.29, 1.82) is 0 Å². The average molecular weight is 256 g/mol. The molecule has 0 heterocycles. The Bertz CT molecular complexity index is 260. The smallest absolute Gasteiger partial charge is 0.0351 e. The highest BCUT2D eigenvalue weighted by molar-refractivity contribution is 9.10. The molecule has 2 heteroatoms. The number of anilines is 1. The summed E-state index contributed by atoms with van der Waals surface area (Å²) in [6.45, 7) is 3.32. The van der Waals surface area contributed by atoms with Crippen LogP contribution in [0.4, 0.5) is 5.69 Å². The van der Waals surface area contributed by atoms with Gasteiger partial charge in [-0.25, -0.2) is 0 Å². The SMILES string of the molecule is CCCCCCNc1cccc(Br)c1. The number of hydrogen-bond acceptors (Lipinski definition) is 1. The highest BCUT2D eigenvalue weighted by Gasteiger charge is 1.92. The first-order valence-electron chi connectivity index (χ1n) is 5.32. The molecule has 0 unspecified atom stereocenters. The van der Waals surface area contributed by atoms with E-state index in [1.54, 1.807) is 0 Å². The maximum absolute atomic E-state index is 3.46. The van der Waals surface area contributed by atoms with Gasteiger partial charge in [0.1, 0.15) is 0 Å². The number of rotatable bonds is 6. The monoisotopic (exact) mass is 255 g/mol. The summed E-state index contributed by atoms with van der Waals surface area (Å²) in [6.07, 6.45) is 5.24. The molecule has 1 rings (SSSR count). The van der Waals surface area contributed by atoms with E-state index in [1.807, 2.05) is 6.07 Å². The lowest BCUT2D eigenvalue weighted by Crippen LogP contribution is -2.00. The lowest BCUT2D eigenvalue weighted by Gasteiger charge is -2.05. The van der Waals surface area contributed by atoms with Gasteiger partial charge < -0.3 is 5.32 Å². The van der Waals surface area contributed by atoms with Crippen LogP contribution in [0.15, 0.2) is 28.7 Å². The summed E-state index contributed by atoms with van der Waals surface area (Å²) in [6, 6.07) is 8.31. The molecule has 0 atom stereocenters. The van der Waals surface area contributed by atoms with Crippen molar-refractivity contribution in [3.05, 3.63) is 28.7 Å². The topological polar surface area (TPSA) is 12.0 Å². The van der Waals surface area contributed by atoms with Crippen LogP contribution in [0.5, 0.6) is 0 Å². The molecule has 0 aliphatic rings. The molecule has 1 aromatic rings. The zero-order valence-electron chi connectivity index (χ0n) is 8.72. The van der Waals surface area contributed by atoms with Gasteiger partial charge in [-0.2, -0.15) is 0 Å². The Morgan fingerprint density at radius 1 is 1.21 bits per heavy atom. The highest BCUT2D eigenvalue weighted by Crippen LogP contribution is 2.15. The van der Waals surface area contributed by atoms with Crippen molar-refractivity contribution in [3.8, 4) is 0 Å². The second-order valence-corrected chi connectivity index (χ2v) is 4.41. The van der Waals surface area contributed by atoms with Gasteiger partial charge in [0, 0.05) is 16.7 Å². The molecule has 0 aliphatic carbocycles. The quantitative estimate of drug-likeness (QED) is 0.742. The Balaban J connectivity index is 2.18. The summed E-state index contributed by atoms with van der Waals surface area (Å²) >= 11 is 3.46. The number of benzene rings is 1. The molecule has 1 aromatic carbocycles. The van der Waals surface area contributed by atoms with Gasteiger partial charge in [-0.15, -0.1) is 0 Å². The molecule has 0 fully saturated rings. The minimum absolute atomic E-state index is 1.08. The number of unbranched alkanes of at least 4 members (excludes halogenated alkanes) is 3. The van der Waals surface area contributed by atoms with Crippen LogP contribution >= 0.6 is 15.9 Å². The molecule has 0 saturated carbocycles. The predicted octanol–water partition coefficient (Wildman–Crippen LogP) is 4.44. The van der Waals surface area contributed by atoms with E-state index in [1.165, 1.54) is 31.4 Å². The van der Waals surface area contributed by atoms with Gasteiger partial charge in [0.25, 0.3) is 0 Å². The van der Waals surface area contributed by atoms with Gasteiger partial charge in [0.15, 0.2) is 0 Å². The van der Waals surface area contributed by atoms with Crippen molar-refractivity contribution in [1.82, 2.24) is 0 Å². The third-order valence-corrected chi connectivity index (χ3v) is 2.68. The van der Waals surface area contributed by atoms with E-state index in [0.29, 0.717) is 0 Å². The van der Waals surface area contributed by atoms with Crippen LogP contribution in [0.3, 0.4) is 0 Å². The first kappa shape index (κ1) is 11.6. The second-order valence-electron chi connectivity index (χ2n) is 3.50. The molecule has 0 aromatic heterocycles. The van der Waals surface area contributed by atoms with Crippen molar-refractivity contribution >= 4 is 21.6 Å². The van der Waals surface area contributed by atoms with Gasteiger partial charge in [-0.1, -0.05) is 48.2 Å². The highest BCUT2D eigenvalue weighted by atomic mass is 79.9. The Morgan fingerprint density at radius 2 is 2.07 bits per heavy atom. The number of nitrogens with one attached hydrogen (secondary N) is 1. The Labute approximate surface area is 95.0 Å². The Kier molecular flexibility index (Phi) is 5.69. The van der Waals surface area contributed by atoms with E-state index in [2.05, 4.69) is 46.4 Å². The van der Waals surface area contributed by atoms with E-state index >= 15 is 0 Å². The summed E-state index contributed by atoms with van der Waals surface area (Å²) in [5.74, 6) is 0. The lowest BCUT2D eigenvalue weighted by molar-refractivity contribution is 0.685. The first-order valence-corrected chi connectivity index (χ1v) is 6.11. The largest absolute Gasteiger partial charge is 0.385 e. The fraction of sp³-hybridized carbons (Fsp3) is 0.500. The summed E-state index contributed by atoms with van der Waals surface area (Å²) < 4.78 is 1.14. The van der Waals surface area contributed by atoms with Gasteiger partial charge in [-0.3, -0.25) is 0 Å². The standard InChI is InChI=1S/C12H18BrN/c1-2-3-4-5-9-14-12-8-6-7-11(13)10-12/h6-8,10,14H,2-5,9H2,1H3. The van der Waals surface area contributed by atoms with Crippen LogP contribution in [-0.4, -0.2) is 6.54 Å². The van der Waals surface area contributed by atoms with E-state index < -0.39 is 0 Å². The number of halogens is 1. The molecule has 0 aliphatic heterocycles. The molecule has 1 nitrogen and oxygen atoms in total. The second kappa shape index (κ2) is 6.88. The summed E-state index contributed by atoms with van der Waals surface area (Å²) in [5, 5.41) is 3.41. The normalized spacial score (nSPS) is 10.1. The molecule has 0 saturated heterocycles. The zero-order chi connectivity index (χ0) is 10.2. The molecule has 1 N–H and O–H groups in total. The molecule has 0 bridgehead atoms. The number of hydrogen-bond donors (Lipinski definition) is 1. The average Bonchev–Trinajstić information content (AvgIpc) is 2.18. The summed E-state index contributed by atoms with van der Waals surface area (Å²) in [5.41, 5.74) is 1.20. The van der Waals surface area contributed by atoms with E-state index in [0.717, 1.165) is 11.0 Å². The van der Waals surface area contributed by atoms with E-state index in [9.17, 15) is 0 Å². The minimum Gasteiger partial charge on any atom is -0.385 e. The van der Waals surface area contributed by atoms with Crippen LogP contribution in [0.1, 0.15) is 32.6 Å². The summed E-state index contributed by atoms with van der Waals surface area (Å²) in [7, 11) is 0. The van der Waals surface area contributed by atoms with Crippen LogP contribution in [0.2, 0.25) is 0 Å². The molecule has 0 radical (unpaired) electrons. The van der Waals surface area contributed by atoms with Gasteiger partial charge in [-0.05, 0) is 24.6 Å². The van der Waals surface area contributed by atoms with Gasteiger partial charge >= 0.3 is 0 Å². The maximum atomic E-state index is 3.46. The van der Waals surface area contributed by atoms with Crippen molar-refractivity contribution in [2.45, 2.75) is 32.6 Å². The molecule has 14 heavy (non-hydrogen) atoms. The Hall–Kier alpha value is -0.500. The van der Waals surface area contributed by atoms with Crippen LogP contribution in [0.25, 0.3) is 0 Å². The maximum Gasteiger partial charge on any atom is 0.0351 e. The van der Waals surface area contributed by atoms with Crippen molar-refractivity contribution < 1.29 is 0 Å². The molecule has 0 spiro atoms. The van der Waals surface area contributed by atoms with E-state index in [4.69, 9.17) is 0 Å². The third kappa shape index (κ3) is 4.66. The molecule has 78 valence electrons. The van der Waals surface area contributed by atoms with E-state index in [-0.39, 0.29) is 0 Å². The van der Waals surface area contributed by atoms with Gasteiger partial charge in [0.05, 0.1) is 0 Å². The lowest BCUT2D eigenvalue weighted by atomic mass is 10.2. The van der Waals surface area contributed by atoms with Crippen LogP contribution in [-0.2, 0) is 0 Å². The van der Waals surface area contributed by atoms with Crippen molar-refractivity contribution in [3.63, 3.8) is 0 Å². The minimum atomic E-state index is 1.08. The van der Waals surface area contributed by atoms with Crippen molar-refractivity contribution in [2.24, 2.45) is 0 Å². The molecular formula is C12H18BrN. The van der Waals surface area contributed by atoms with Gasteiger partial charge in [0.2, 0.25) is 0 Å². The van der Waals surface area contributed by atoms with Crippen LogP contribution < -0.4 is 5.32 Å².